The third kappa shape index (κ3) is 4.29. The zero-order chi connectivity index (χ0) is 14.8. The quantitative estimate of drug-likeness (QED) is 0.877. The van der Waals surface area contributed by atoms with Crippen molar-refractivity contribution >= 4 is 21.6 Å². The van der Waals surface area contributed by atoms with Crippen molar-refractivity contribution in [3.8, 4) is 0 Å². The molecule has 1 aromatic carbocycles. The Kier molecular flexibility index (Phi) is 4.82. The van der Waals surface area contributed by atoms with Crippen LogP contribution >= 0.6 is 11.3 Å². The molecule has 1 heterocycles. The van der Waals surface area contributed by atoms with Gasteiger partial charge < -0.3 is 5.32 Å². The van der Waals surface area contributed by atoms with Crippen LogP contribution in [0.3, 0.4) is 0 Å². The highest BCUT2D eigenvalue weighted by atomic mass is 32.1. The Balaban J connectivity index is 1.94. The van der Waals surface area contributed by atoms with Gasteiger partial charge in [0, 0.05) is 12.0 Å². The molecule has 1 aromatic heterocycles. The lowest BCUT2D eigenvalue weighted by atomic mass is 9.92. The van der Waals surface area contributed by atoms with Crippen molar-refractivity contribution in [1.29, 1.82) is 0 Å². The van der Waals surface area contributed by atoms with Crippen molar-refractivity contribution in [3.63, 3.8) is 0 Å². The highest BCUT2D eigenvalue weighted by molar-refractivity contribution is 7.18. The van der Waals surface area contributed by atoms with E-state index in [0.717, 1.165) is 18.5 Å². The van der Waals surface area contributed by atoms with Crippen molar-refractivity contribution in [2.75, 3.05) is 6.54 Å². The second kappa shape index (κ2) is 6.23. The van der Waals surface area contributed by atoms with Crippen LogP contribution in [0, 0.1) is 11.8 Å². The number of thiazole rings is 1. The average molecular weight is 290 g/mol. The molecule has 0 bridgehead atoms. The summed E-state index contributed by atoms with van der Waals surface area (Å²) in [6.07, 6.45) is 1.08. The van der Waals surface area contributed by atoms with Gasteiger partial charge in [-0.3, -0.25) is 0 Å². The van der Waals surface area contributed by atoms with E-state index < -0.39 is 0 Å². The molecule has 20 heavy (non-hydrogen) atoms. The topological polar surface area (TPSA) is 24.9 Å². The minimum Gasteiger partial charge on any atom is -0.312 e. The molecular weight excluding hydrogens is 264 g/mol. The molecule has 0 spiro atoms. The Morgan fingerprint density at radius 3 is 2.50 bits per heavy atom. The molecule has 2 unspecified atom stereocenters. The number of para-hydroxylation sites is 1. The maximum Gasteiger partial charge on any atom is 0.0941 e. The second-order valence-electron chi connectivity index (χ2n) is 6.86. The molecular formula is C17H26N2S. The van der Waals surface area contributed by atoms with E-state index in [1.165, 1.54) is 9.71 Å². The second-order valence-corrected chi connectivity index (χ2v) is 7.98. The standard InChI is InChI=1S/C17H26N2S/c1-12(13(2)11-18-17(3,4)5)10-16-19-14-8-6-7-9-15(14)20-16/h6-9,12-13,18H,10-11H2,1-5H3. The van der Waals surface area contributed by atoms with Crippen LogP contribution in [0.2, 0.25) is 0 Å². The monoisotopic (exact) mass is 290 g/mol. The summed E-state index contributed by atoms with van der Waals surface area (Å²) in [5.74, 6) is 1.30. The number of benzene rings is 1. The molecule has 2 atom stereocenters. The number of aromatic nitrogens is 1. The largest absolute Gasteiger partial charge is 0.312 e. The fraction of sp³-hybridized carbons (Fsp3) is 0.588. The van der Waals surface area contributed by atoms with Crippen LogP contribution in [-0.2, 0) is 6.42 Å². The molecule has 2 nitrogen and oxygen atoms in total. The Labute approximate surface area is 126 Å². The van der Waals surface area contributed by atoms with Crippen molar-refractivity contribution in [3.05, 3.63) is 29.3 Å². The molecule has 0 saturated carbocycles. The number of fused-ring (bicyclic) bond motifs is 1. The maximum absolute atomic E-state index is 4.74. The smallest absolute Gasteiger partial charge is 0.0941 e. The van der Waals surface area contributed by atoms with Crippen molar-refractivity contribution in [1.82, 2.24) is 10.3 Å². The molecule has 0 aliphatic rings. The van der Waals surface area contributed by atoms with Gasteiger partial charge in [-0.1, -0.05) is 26.0 Å². The summed E-state index contributed by atoms with van der Waals surface area (Å²) in [5, 5.41) is 4.86. The molecule has 0 aliphatic heterocycles. The number of nitrogens with one attached hydrogen (secondary N) is 1. The van der Waals surface area contributed by atoms with Crippen LogP contribution in [0.15, 0.2) is 24.3 Å². The molecule has 2 aromatic rings. The molecule has 1 N–H and O–H groups in total. The number of hydrogen-bond donors (Lipinski definition) is 1. The Bertz CT molecular complexity index is 520. The minimum absolute atomic E-state index is 0.198. The van der Waals surface area contributed by atoms with E-state index in [1.54, 1.807) is 0 Å². The van der Waals surface area contributed by atoms with E-state index in [2.05, 4.69) is 64.2 Å². The van der Waals surface area contributed by atoms with Crippen LogP contribution < -0.4 is 5.32 Å². The first-order valence-electron chi connectivity index (χ1n) is 7.44. The number of nitrogens with zero attached hydrogens (tertiary/aromatic N) is 1. The van der Waals surface area contributed by atoms with Crippen molar-refractivity contribution in [2.24, 2.45) is 11.8 Å². The van der Waals surface area contributed by atoms with Gasteiger partial charge in [0.25, 0.3) is 0 Å². The highest BCUT2D eigenvalue weighted by Gasteiger charge is 2.17. The van der Waals surface area contributed by atoms with Crippen LogP contribution in [0.25, 0.3) is 10.2 Å². The van der Waals surface area contributed by atoms with Gasteiger partial charge in [-0.05, 0) is 51.3 Å². The molecule has 0 amide bonds. The fourth-order valence-corrected chi connectivity index (χ4v) is 3.26. The van der Waals surface area contributed by atoms with E-state index in [1.807, 2.05) is 11.3 Å². The van der Waals surface area contributed by atoms with Crippen LogP contribution in [-0.4, -0.2) is 17.1 Å². The molecule has 3 heteroatoms. The van der Waals surface area contributed by atoms with Gasteiger partial charge >= 0.3 is 0 Å². The van der Waals surface area contributed by atoms with E-state index in [0.29, 0.717) is 11.8 Å². The summed E-state index contributed by atoms with van der Waals surface area (Å²) in [6.45, 7) is 12.4. The lowest BCUT2D eigenvalue weighted by Gasteiger charge is -2.26. The van der Waals surface area contributed by atoms with Crippen LogP contribution in [0.1, 0.15) is 39.6 Å². The summed E-state index contributed by atoms with van der Waals surface area (Å²) in [6, 6.07) is 8.41. The highest BCUT2D eigenvalue weighted by Crippen LogP contribution is 2.25. The van der Waals surface area contributed by atoms with Gasteiger partial charge in [0.1, 0.15) is 0 Å². The van der Waals surface area contributed by atoms with Gasteiger partial charge in [-0.25, -0.2) is 4.98 Å². The van der Waals surface area contributed by atoms with E-state index >= 15 is 0 Å². The van der Waals surface area contributed by atoms with E-state index in [9.17, 15) is 0 Å². The third-order valence-corrected chi connectivity index (χ3v) is 4.82. The molecule has 2 rings (SSSR count). The number of hydrogen-bond acceptors (Lipinski definition) is 3. The summed E-state index contributed by atoms with van der Waals surface area (Å²) >= 11 is 1.84. The normalized spacial score (nSPS) is 15.4. The van der Waals surface area contributed by atoms with Crippen LogP contribution in [0.5, 0.6) is 0 Å². The predicted octanol–water partition coefficient (Wildman–Crippen LogP) is 4.50. The molecule has 0 aliphatic carbocycles. The van der Waals surface area contributed by atoms with Gasteiger partial charge in [0.05, 0.1) is 15.2 Å². The summed E-state index contributed by atoms with van der Waals surface area (Å²) in [4.78, 5) is 4.74. The van der Waals surface area contributed by atoms with E-state index in [-0.39, 0.29) is 5.54 Å². The first kappa shape index (κ1) is 15.5. The van der Waals surface area contributed by atoms with Crippen LogP contribution in [0.4, 0.5) is 0 Å². The molecule has 0 radical (unpaired) electrons. The van der Waals surface area contributed by atoms with Crippen molar-refractivity contribution in [2.45, 2.75) is 46.6 Å². The zero-order valence-electron chi connectivity index (χ0n) is 13.2. The average Bonchev–Trinajstić information content (AvgIpc) is 2.76. The lowest BCUT2D eigenvalue weighted by molar-refractivity contribution is 0.317. The first-order valence-corrected chi connectivity index (χ1v) is 8.26. The first-order chi connectivity index (χ1) is 9.35. The zero-order valence-corrected chi connectivity index (χ0v) is 14.1. The Hall–Kier alpha value is -0.930. The Morgan fingerprint density at radius 1 is 1.15 bits per heavy atom. The van der Waals surface area contributed by atoms with Crippen molar-refractivity contribution < 1.29 is 0 Å². The third-order valence-electron chi connectivity index (χ3n) is 3.76. The van der Waals surface area contributed by atoms with Gasteiger partial charge in [-0.15, -0.1) is 11.3 Å². The van der Waals surface area contributed by atoms with E-state index in [4.69, 9.17) is 4.98 Å². The molecule has 110 valence electrons. The summed E-state index contributed by atoms with van der Waals surface area (Å²) in [7, 11) is 0. The summed E-state index contributed by atoms with van der Waals surface area (Å²) in [5.41, 5.74) is 1.34. The number of rotatable bonds is 5. The molecule has 0 fully saturated rings. The summed E-state index contributed by atoms with van der Waals surface area (Å²) < 4.78 is 1.30. The minimum atomic E-state index is 0.198. The van der Waals surface area contributed by atoms with Gasteiger partial charge in [0.2, 0.25) is 0 Å². The SMILES string of the molecule is CC(CNC(C)(C)C)C(C)Cc1nc2ccccc2s1. The Morgan fingerprint density at radius 2 is 1.85 bits per heavy atom. The van der Waals surface area contributed by atoms with Gasteiger partial charge in [0.15, 0.2) is 0 Å². The fourth-order valence-electron chi connectivity index (χ4n) is 2.15. The lowest BCUT2D eigenvalue weighted by Crippen LogP contribution is -2.40. The maximum atomic E-state index is 4.74. The molecule has 0 saturated heterocycles. The predicted molar refractivity (Wildman–Crippen MR) is 89.4 cm³/mol. The van der Waals surface area contributed by atoms with Gasteiger partial charge in [-0.2, -0.15) is 0 Å².